The Labute approximate surface area is 151 Å². The van der Waals surface area contributed by atoms with Crippen LogP contribution < -0.4 is 4.74 Å². The number of aromatic hydroxyl groups is 1. The number of hydrogen-bond acceptors (Lipinski definition) is 2. The minimum absolute atomic E-state index is 0.289. The van der Waals surface area contributed by atoms with Gasteiger partial charge in [0, 0.05) is 0 Å². The van der Waals surface area contributed by atoms with E-state index in [1.807, 2.05) is 0 Å². The number of phenolic OH excluding ortho intramolecular Hbond substituents is 1. The average molecular weight is 338 g/mol. The molecule has 2 heteroatoms. The molecule has 0 amide bonds. The van der Waals surface area contributed by atoms with Crippen LogP contribution in [0.2, 0.25) is 0 Å². The third kappa shape index (κ3) is 3.15. The number of fused-ring (bicyclic) bond motifs is 1. The smallest absolute Gasteiger partial charge is 0.134 e. The molecule has 0 bridgehead atoms. The van der Waals surface area contributed by atoms with Crippen LogP contribution in [0.15, 0.2) is 30.3 Å². The van der Waals surface area contributed by atoms with Crippen molar-refractivity contribution in [3.05, 3.63) is 58.1 Å². The zero-order chi connectivity index (χ0) is 18.0. The maximum atomic E-state index is 10.4. The molecular weight excluding hydrogens is 308 g/mol. The van der Waals surface area contributed by atoms with Crippen LogP contribution in [-0.4, -0.2) is 5.11 Å². The molecule has 3 rings (SSSR count). The molecule has 0 saturated heterocycles. The third-order valence-electron chi connectivity index (χ3n) is 5.76. The summed E-state index contributed by atoms with van der Waals surface area (Å²) in [6, 6.07) is 10.9. The maximum absolute atomic E-state index is 10.4. The molecule has 0 spiro atoms. The lowest BCUT2D eigenvalue weighted by Crippen LogP contribution is -2.36. The van der Waals surface area contributed by atoms with E-state index in [1.54, 1.807) is 0 Å². The highest BCUT2D eigenvalue weighted by Gasteiger charge is 2.37. The molecule has 2 aromatic carbocycles. The predicted octanol–water partition coefficient (Wildman–Crippen LogP) is 5.71. The van der Waals surface area contributed by atoms with Gasteiger partial charge < -0.3 is 9.84 Å². The predicted molar refractivity (Wildman–Crippen MR) is 104 cm³/mol. The number of ether oxygens (including phenoxy) is 1. The molecule has 1 heterocycles. The van der Waals surface area contributed by atoms with Crippen LogP contribution in [0.25, 0.3) is 0 Å². The molecule has 1 aliphatic heterocycles. The molecular formula is C23H30O2. The molecule has 1 aliphatic rings. The molecule has 1 N–H and O–H groups in total. The van der Waals surface area contributed by atoms with Gasteiger partial charge in [-0.3, -0.25) is 0 Å². The lowest BCUT2D eigenvalue weighted by atomic mass is 9.80. The summed E-state index contributed by atoms with van der Waals surface area (Å²) < 4.78 is 6.61. The van der Waals surface area contributed by atoms with Crippen molar-refractivity contribution in [3.63, 3.8) is 0 Å². The summed E-state index contributed by atoms with van der Waals surface area (Å²) >= 11 is 0. The summed E-state index contributed by atoms with van der Waals surface area (Å²) in [5, 5.41) is 10.4. The first-order valence-corrected chi connectivity index (χ1v) is 9.72. The molecule has 134 valence electrons. The summed E-state index contributed by atoms with van der Waals surface area (Å²) in [5.41, 5.74) is 5.68. The van der Waals surface area contributed by atoms with E-state index in [2.05, 4.69) is 58.0 Å². The van der Waals surface area contributed by atoms with Gasteiger partial charge in [-0.2, -0.15) is 0 Å². The highest BCUT2D eigenvalue weighted by Crippen LogP contribution is 2.43. The summed E-state index contributed by atoms with van der Waals surface area (Å²) in [6.07, 6.45) is 5.69. The Morgan fingerprint density at radius 1 is 0.960 bits per heavy atom. The summed E-state index contributed by atoms with van der Waals surface area (Å²) in [6.45, 7) is 8.59. The van der Waals surface area contributed by atoms with Gasteiger partial charge in [-0.1, -0.05) is 39.8 Å². The summed E-state index contributed by atoms with van der Waals surface area (Å²) in [5.74, 6) is 1.48. The Balaban J connectivity index is 2.05. The van der Waals surface area contributed by atoms with Gasteiger partial charge in [0.15, 0.2) is 0 Å². The third-order valence-corrected chi connectivity index (χ3v) is 5.76. The molecule has 2 nitrogen and oxygen atoms in total. The molecule has 0 aromatic heterocycles. The second-order valence-corrected chi connectivity index (χ2v) is 7.10. The monoisotopic (exact) mass is 338 g/mol. The van der Waals surface area contributed by atoms with Crippen LogP contribution >= 0.6 is 0 Å². The van der Waals surface area contributed by atoms with Crippen molar-refractivity contribution in [2.24, 2.45) is 0 Å². The second-order valence-electron chi connectivity index (χ2n) is 7.10. The highest BCUT2D eigenvalue weighted by atomic mass is 16.5. The molecule has 0 saturated carbocycles. The van der Waals surface area contributed by atoms with E-state index in [-0.39, 0.29) is 5.60 Å². The Hall–Kier alpha value is -1.96. The molecule has 1 unspecified atom stereocenters. The fourth-order valence-corrected chi connectivity index (χ4v) is 3.96. The van der Waals surface area contributed by atoms with Crippen LogP contribution in [0.1, 0.15) is 68.4 Å². The molecule has 0 fully saturated rings. The van der Waals surface area contributed by atoms with Gasteiger partial charge in [0.1, 0.15) is 17.1 Å². The minimum atomic E-state index is -0.289. The Morgan fingerprint density at radius 3 is 2.20 bits per heavy atom. The zero-order valence-corrected chi connectivity index (χ0v) is 16.0. The van der Waals surface area contributed by atoms with Crippen LogP contribution in [0.3, 0.4) is 0 Å². The van der Waals surface area contributed by atoms with E-state index in [0.29, 0.717) is 5.75 Å². The van der Waals surface area contributed by atoms with Crippen molar-refractivity contribution < 1.29 is 9.84 Å². The molecule has 0 radical (unpaired) electrons. The second kappa shape index (κ2) is 7.11. The van der Waals surface area contributed by atoms with Crippen LogP contribution in [-0.2, 0) is 31.3 Å². The summed E-state index contributed by atoms with van der Waals surface area (Å²) in [7, 11) is 0. The van der Waals surface area contributed by atoms with Gasteiger partial charge in [0.05, 0.1) is 0 Å². The quantitative estimate of drug-likeness (QED) is 0.756. The van der Waals surface area contributed by atoms with Crippen LogP contribution in [0, 0.1) is 0 Å². The van der Waals surface area contributed by atoms with Crippen molar-refractivity contribution in [2.75, 3.05) is 0 Å². The van der Waals surface area contributed by atoms with E-state index >= 15 is 0 Å². The minimum Gasteiger partial charge on any atom is -0.507 e. The van der Waals surface area contributed by atoms with Gasteiger partial charge in [0.25, 0.3) is 0 Å². The summed E-state index contributed by atoms with van der Waals surface area (Å²) in [4.78, 5) is 0. The fourth-order valence-electron chi connectivity index (χ4n) is 3.96. The standard InChI is InChI=1S/C23H30O2/c1-5-16-9-10-21-19(13-16)11-12-23(8-4,25-21)20-14-17(6-2)22(24)18(7-3)15-20/h9-10,13-15,24H,5-8,11-12H2,1-4H3. The largest absolute Gasteiger partial charge is 0.507 e. The SMILES string of the molecule is CCc1ccc2c(c1)CCC(CC)(c1cc(CC)c(O)c(CC)c1)O2. The van der Waals surface area contributed by atoms with Crippen LogP contribution in [0.5, 0.6) is 11.5 Å². The van der Waals surface area contributed by atoms with Gasteiger partial charge >= 0.3 is 0 Å². The first-order chi connectivity index (χ1) is 12.1. The van der Waals surface area contributed by atoms with E-state index in [0.717, 1.165) is 55.4 Å². The number of aryl methyl sites for hydroxylation is 4. The first kappa shape index (κ1) is 17.8. The van der Waals surface area contributed by atoms with Gasteiger partial charge in [-0.15, -0.1) is 0 Å². The van der Waals surface area contributed by atoms with E-state index in [4.69, 9.17) is 4.74 Å². The van der Waals surface area contributed by atoms with Crippen molar-refractivity contribution in [2.45, 2.75) is 71.8 Å². The number of benzene rings is 2. The van der Waals surface area contributed by atoms with Crippen molar-refractivity contribution in [1.29, 1.82) is 0 Å². The molecule has 1 atom stereocenters. The van der Waals surface area contributed by atoms with Gasteiger partial charge in [-0.05, 0) is 84.5 Å². The molecule has 0 aliphatic carbocycles. The lowest BCUT2D eigenvalue weighted by molar-refractivity contribution is 0.0384. The average Bonchev–Trinajstić information content (AvgIpc) is 2.67. The maximum Gasteiger partial charge on any atom is 0.134 e. The van der Waals surface area contributed by atoms with Gasteiger partial charge in [0.2, 0.25) is 0 Å². The number of phenols is 1. The highest BCUT2D eigenvalue weighted by molar-refractivity contribution is 5.47. The van der Waals surface area contributed by atoms with Crippen LogP contribution in [0.4, 0.5) is 0 Å². The van der Waals surface area contributed by atoms with Crippen molar-refractivity contribution in [1.82, 2.24) is 0 Å². The number of hydrogen-bond donors (Lipinski definition) is 1. The first-order valence-electron chi connectivity index (χ1n) is 9.72. The molecule has 25 heavy (non-hydrogen) atoms. The fraction of sp³-hybridized carbons (Fsp3) is 0.478. The Bertz CT molecular complexity index is 738. The van der Waals surface area contributed by atoms with E-state index in [9.17, 15) is 5.11 Å². The molecule has 2 aromatic rings. The van der Waals surface area contributed by atoms with Crippen molar-refractivity contribution >= 4 is 0 Å². The lowest BCUT2D eigenvalue weighted by Gasteiger charge is -2.39. The normalized spacial score (nSPS) is 19.4. The van der Waals surface area contributed by atoms with Gasteiger partial charge in [-0.25, -0.2) is 0 Å². The zero-order valence-electron chi connectivity index (χ0n) is 16.0. The van der Waals surface area contributed by atoms with E-state index < -0.39 is 0 Å². The number of rotatable bonds is 5. The topological polar surface area (TPSA) is 29.5 Å². The van der Waals surface area contributed by atoms with Crippen molar-refractivity contribution in [3.8, 4) is 11.5 Å². The van der Waals surface area contributed by atoms with E-state index in [1.165, 1.54) is 16.7 Å². The Kier molecular flexibility index (Phi) is 5.08. The Morgan fingerprint density at radius 2 is 1.64 bits per heavy atom.